The summed E-state index contributed by atoms with van der Waals surface area (Å²) in [5, 5.41) is 3.16. The normalized spacial score (nSPS) is 12.2. The van der Waals surface area contributed by atoms with E-state index >= 15 is 0 Å². The number of amides is 2. The van der Waals surface area contributed by atoms with E-state index in [1.54, 1.807) is 37.3 Å². The van der Waals surface area contributed by atoms with Gasteiger partial charge in [0.25, 0.3) is 0 Å². The second-order valence-corrected chi connectivity index (χ2v) is 10.1. The molecule has 0 unspecified atom stereocenters. The number of carbonyl (C=O) groups is 2. The van der Waals surface area contributed by atoms with Crippen LogP contribution in [0, 0.1) is 6.92 Å². The fraction of sp³-hybridized carbons (Fsp3) is 0.391. The average Bonchev–Trinajstić information content (AvgIpc) is 2.74. The van der Waals surface area contributed by atoms with Crippen LogP contribution in [0.4, 0.5) is 5.69 Å². The Morgan fingerprint density at radius 2 is 1.78 bits per heavy atom. The number of benzene rings is 2. The molecule has 0 bridgehead atoms. The van der Waals surface area contributed by atoms with E-state index < -0.39 is 16.1 Å². The number of nitrogens with zero attached hydrogens (tertiary/aromatic N) is 2. The lowest BCUT2D eigenvalue weighted by Crippen LogP contribution is -2.46. The zero-order chi connectivity index (χ0) is 23.9. The molecule has 1 N–H and O–H groups in total. The Morgan fingerprint density at radius 3 is 2.34 bits per heavy atom. The Kier molecular flexibility index (Phi) is 9.09. The van der Waals surface area contributed by atoms with E-state index in [0.29, 0.717) is 17.1 Å². The van der Waals surface area contributed by atoms with Crippen LogP contribution in [0.2, 0.25) is 5.02 Å². The molecule has 2 amide bonds. The standard InChI is InChI=1S/C23H30ClN3O4S/c1-17-7-5-8-21(15-17)27(32(4,30)31)14-6-9-22(28)26(18(2)23(29)25-3)16-19-10-12-20(24)13-11-19/h5,7-8,10-13,15,18H,6,9,14,16H2,1-4H3,(H,25,29)/t18-/m1/s1. The van der Waals surface area contributed by atoms with Crippen molar-refractivity contribution in [2.24, 2.45) is 0 Å². The maximum atomic E-state index is 13.1. The SMILES string of the molecule is CNC(=O)[C@@H](C)N(Cc1ccc(Cl)cc1)C(=O)CCCN(c1cccc(C)c1)S(C)(=O)=O. The van der Waals surface area contributed by atoms with Gasteiger partial charge in [-0.2, -0.15) is 0 Å². The molecule has 0 aliphatic carbocycles. The molecule has 0 saturated carbocycles. The van der Waals surface area contributed by atoms with Gasteiger partial charge in [0, 0.05) is 31.6 Å². The van der Waals surface area contributed by atoms with Crippen LogP contribution in [0.1, 0.15) is 30.9 Å². The highest BCUT2D eigenvalue weighted by atomic mass is 35.5. The first-order valence-corrected chi connectivity index (χ1v) is 12.6. The van der Waals surface area contributed by atoms with Crippen molar-refractivity contribution in [1.29, 1.82) is 0 Å². The number of halogens is 1. The largest absolute Gasteiger partial charge is 0.357 e. The summed E-state index contributed by atoms with van der Waals surface area (Å²) in [5.41, 5.74) is 2.36. The Morgan fingerprint density at radius 1 is 1.12 bits per heavy atom. The molecule has 9 heteroatoms. The molecule has 2 rings (SSSR count). The quantitative estimate of drug-likeness (QED) is 0.566. The number of carbonyl (C=O) groups excluding carboxylic acids is 2. The van der Waals surface area contributed by atoms with Crippen molar-refractivity contribution in [1.82, 2.24) is 10.2 Å². The molecule has 0 radical (unpaired) electrons. The van der Waals surface area contributed by atoms with Crippen LogP contribution >= 0.6 is 11.6 Å². The van der Waals surface area contributed by atoms with Gasteiger partial charge in [-0.15, -0.1) is 0 Å². The van der Waals surface area contributed by atoms with E-state index in [-0.39, 0.29) is 31.3 Å². The summed E-state index contributed by atoms with van der Waals surface area (Å²) in [7, 11) is -1.98. The van der Waals surface area contributed by atoms with Crippen LogP contribution < -0.4 is 9.62 Å². The van der Waals surface area contributed by atoms with E-state index in [9.17, 15) is 18.0 Å². The number of likely N-dealkylation sites (N-methyl/N-ethyl adjacent to an activating group) is 1. The number of hydrogen-bond donors (Lipinski definition) is 1. The van der Waals surface area contributed by atoms with Crippen molar-refractivity contribution >= 4 is 39.1 Å². The van der Waals surface area contributed by atoms with Gasteiger partial charge in [0.15, 0.2) is 0 Å². The molecule has 0 heterocycles. The summed E-state index contributed by atoms with van der Waals surface area (Å²) < 4.78 is 26.0. The van der Waals surface area contributed by atoms with E-state index in [2.05, 4.69) is 5.32 Å². The fourth-order valence-electron chi connectivity index (χ4n) is 3.37. The molecule has 2 aromatic rings. The molecule has 0 saturated heterocycles. The van der Waals surface area contributed by atoms with Crippen LogP contribution in [0.5, 0.6) is 0 Å². The van der Waals surface area contributed by atoms with Crippen molar-refractivity contribution in [2.75, 3.05) is 24.2 Å². The Hall–Kier alpha value is -2.58. The summed E-state index contributed by atoms with van der Waals surface area (Å²) in [5.74, 6) is -0.501. The van der Waals surface area contributed by atoms with Crippen molar-refractivity contribution in [3.63, 3.8) is 0 Å². The number of nitrogens with one attached hydrogen (secondary N) is 1. The summed E-state index contributed by atoms with van der Waals surface area (Å²) >= 11 is 5.94. The van der Waals surface area contributed by atoms with Crippen LogP contribution in [-0.2, 0) is 26.2 Å². The molecule has 174 valence electrons. The molecular formula is C23H30ClN3O4S. The van der Waals surface area contributed by atoms with Crippen molar-refractivity contribution in [3.8, 4) is 0 Å². The van der Waals surface area contributed by atoms with Crippen molar-refractivity contribution < 1.29 is 18.0 Å². The van der Waals surface area contributed by atoms with Crippen molar-refractivity contribution in [2.45, 2.75) is 39.3 Å². The zero-order valence-electron chi connectivity index (χ0n) is 18.8. The third-order valence-electron chi connectivity index (χ3n) is 5.12. The monoisotopic (exact) mass is 479 g/mol. The molecule has 32 heavy (non-hydrogen) atoms. The van der Waals surface area contributed by atoms with Gasteiger partial charge in [-0.1, -0.05) is 35.9 Å². The highest BCUT2D eigenvalue weighted by Gasteiger charge is 2.26. The summed E-state index contributed by atoms with van der Waals surface area (Å²) in [6.45, 7) is 3.97. The lowest BCUT2D eigenvalue weighted by molar-refractivity contribution is -0.140. The molecule has 7 nitrogen and oxygen atoms in total. The first-order valence-electron chi connectivity index (χ1n) is 10.3. The Labute approximate surface area is 195 Å². The minimum atomic E-state index is -3.51. The molecule has 0 aromatic heterocycles. The number of rotatable bonds is 10. The minimum Gasteiger partial charge on any atom is -0.357 e. The molecule has 0 fully saturated rings. The number of aryl methyl sites for hydroxylation is 1. The summed E-state index contributed by atoms with van der Waals surface area (Å²) in [6, 6.07) is 13.6. The van der Waals surface area contributed by atoms with Gasteiger partial charge in [-0.25, -0.2) is 8.42 Å². The highest BCUT2D eigenvalue weighted by molar-refractivity contribution is 7.92. The third-order valence-corrected chi connectivity index (χ3v) is 6.57. The smallest absolute Gasteiger partial charge is 0.242 e. The van der Waals surface area contributed by atoms with Crippen LogP contribution in [-0.4, -0.2) is 51.0 Å². The fourth-order valence-corrected chi connectivity index (χ4v) is 4.45. The summed E-state index contributed by atoms with van der Waals surface area (Å²) in [6.07, 6.45) is 1.57. The minimum absolute atomic E-state index is 0.104. The van der Waals surface area contributed by atoms with Gasteiger partial charge in [0.2, 0.25) is 21.8 Å². The third kappa shape index (κ3) is 7.24. The molecule has 0 spiro atoms. The second-order valence-electron chi connectivity index (χ2n) is 7.72. The zero-order valence-corrected chi connectivity index (χ0v) is 20.4. The lowest BCUT2D eigenvalue weighted by atomic mass is 10.1. The van der Waals surface area contributed by atoms with Crippen LogP contribution in [0.25, 0.3) is 0 Å². The molecule has 2 aromatic carbocycles. The topological polar surface area (TPSA) is 86.8 Å². The van der Waals surface area contributed by atoms with Gasteiger partial charge in [0.1, 0.15) is 6.04 Å². The van der Waals surface area contributed by atoms with Gasteiger partial charge in [-0.05, 0) is 55.7 Å². The van der Waals surface area contributed by atoms with Crippen LogP contribution in [0.15, 0.2) is 48.5 Å². The van der Waals surface area contributed by atoms with Crippen LogP contribution in [0.3, 0.4) is 0 Å². The highest BCUT2D eigenvalue weighted by Crippen LogP contribution is 2.20. The average molecular weight is 480 g/mol. The van der Waals surface area contributed by atoms with E-state index in [1.165, 1.54) is 16.3 Å². The van der Waals surface area contributed by atoms with Gasteiger partial charge in [0.05, 0.1) is 11.9 Å². The number of sulfonamides is 1. The Bertz CT molecular complexity index is 1040. The van der Waals surface area contributed by atoms with Gasteiger partial charge in [-0.3, -0.25) is 13.9 Å². The van der Waals surface area contributed by atoms with E-state index in [1.807, 2.05) is 25.1 Å². The number of hydrogen-bond acceptors (Lipinski definition) is 4. The first-order chi connectivity index (χ1) is 15.0. The molecule has 1 atom stereocenters. The maximum Gasteiger partial charge on any atom is 0.242 e. The molecule has 0 aliphatic heterocycles. The van der Waals surface area contributed by atoms with E-state index in [0.717, 1.165) is 17.4 Å². The van der Waals surface area contributed by atoms with Crippen molar-refractivity contribution in [3.05, 3.63) is 64.7 Å². The van der Waals surface area contributed by atoms with E-state index in [4.69, 9.17) is 11.6 Å². The Balaban J connectivity index is 2.13. The molecule has 0 aliphatic rings. The first kappa shape index (κ1) is 25.7. The maximum absolute atomic E-state index is 13.1. The second kappa shape index (κ2) is 11.3. The van der Waals surface area contributed by atoms with Gasteiger partial charge < -0.3 is 10.2 Å². The predicted molar refractivity (Wildman–Crippen MR) is 128 cm³/mol. The predicted octanol–water partition coefficient (Wildman–Crippen LogP) is 3.36. The molecular weight excluding hydrogens is 450 g/mol. The lowest BCUT2D eigenvalue weighted by Gasteiger charge is -2.29. The summed E-state index contributed by atoms with van der Waals surface area (Å²) in [4.78, 5) is 26.8. The number of anilines is 1. The van der Waals surface area contributed by atoms with Gasteiger partial charge >= 0.3 is 0 Å².